The molecule has 0 radical (unpaired) electrons. The maximum Gasteiger partial charge on any atom is 0.237 e. The first kappa shape index (κ1) is 11.5. The van der Waals surface area contributed by atoms with Crippen LogP contribution in [0.25, 0.3) is 0 Å². The van der Waals surface area contributed by atoms with Gasteiger partial charge in [-0.05, 0) is 11.1 Å². The Labute approximate surface area is 101 Å². The number of alkyl halides is 1. The van der Waals surface area contributed by atoms with Gasteiger partial charge in [-0.1, -0.05) is 38.1 Å². The number of nitrogens with zero attached hydrogens (tertiary/aromatic N) is 1. The summed E-state index contributed by atoms with van der Waals surface area (Å²) in [5.74, 6) is 0.0855. The highest BCUT2D eigenvalue weighted by atomic mass is 35.5. The number of carbonyl (C=O) groups is 1. The van der Waals surface area contributed by atoms with Gasteiger partial charge in [-0.3, -0.25) is 4.79 Å². The Morgan fingerprint density at radius 3 is 2.81 bits per heavy atom. The van der Waals surface area contributed by atoms with Crippen LogP contribution in [0.15, 0.2) is 24.3 Å². The molecule has 2 nitrogen and oxygen atoms in total. The first-order chi connectivity index (χ1) is 7.54. The van der Waals surface area contributed by atoms with Crippen LogP contribution in [0.4, 0.5) is 0 Å². The van der Waals surface area contributed by atoms with Crippen LogP contribution in [-0.2, 0) is 16.8 Å². The summed E-state index contributed by atoms with van der Waals surface area (Å²) in [6.07, 6.45) is 0. The van der Waals surface area contributed by atoms with E-state index in [4.69, 9.17) is 11.6 Å². The highest BCUT2D eigenvalue weighted by Crippen LogP contribution is 2.33. The summed E-state index contributed by atoms with van der Waals surface area (Å²) in [7, 11) is 0. The normalized spacial score (nSPS) is 18.1. The Morgan fingerprint density at radius 2 is 2.12 bits per heavy atom. The van der Waals surface area contributed by atoms with E-state index in [0.717, 1.165) is 6.54 Å². The Hall–Kier alpha value is -1.02. The summed E-state index contributed by atoms with van der Waals surface area (Å²) in [5, 5.41) is 0. The largest absolute Gasteiger partial charge is 0.336 e. The quantitative estimate of drug-likeness (QED) is 0.688. The van der Waals surface area contributed by atoms with Crippen LogP contribution in [0.3, 0.4) is 0 Å². The minimum atomic E-state index is 0.0105. The van der Waals surface area contributed by atoms with Gasteiger partial charge in [0.2, 0.25) is 5.91 Å². The van der Waals surface area contributed by atoms with Gasteiger partial charge >= 0.3 is 0 Å². The van der Waals surface area contributed by atoms with E-state index in [1.54, 1.807) is 0 Å². The minimum absolute atomic E-state index is 0.0105. The SMILES string of the molecule is CC1(C)CN(C(=O)CCl)Cc2ccccc21. The molecule has 1 amide bonds. The van der Waals surface area contributed by atoms with E-state index in [1.165, 1.54) is 11.1 Å². The zero-order valence-corrected chi connectivity index (χ0v) is 10.4. The minimum Gasteiger partial charge on any atom is -0.336 e. The topological polar surface area (TPSA) is 20.3 Å². The Morgan fingerprint density at radius 1 is 1.44 bits per heavy atom. The van der Waals surface area contributed by atoms with Gasteiger partial charge in [0.1, 0.15) is 5.88 Å². The zero-order valence-electron chi connectivity index (χ0n) is 9.66. The molecule has 0 unspecified atom stereocenters. The van der Waals surface area contributed by atoms with Crippen molar-refractivity contribution in [2.45, 2.75) is 25.8 Å². The molecule has 1 aliphatic heterocycles. The fourth-order valence-corrected chi connectivity index (χ4v) is 2.57. The molecule has 0 N–H and O–H groups in total. The molecule has 16 heavy (non-hydrogen) atoms. The van der Waals surface area contributed by atoms with Crippen LogP contribution >= 0.6 is 11.6 Å². The summed E-state index contributed by atoms with van der Waals surface area (Å²) < 4.78 is 0. The van der Waals surface area contributed by atoms with Crippen molar-refractivity contribution in [1.29, 1.82) is 0 Å². The lowest BCUT2D eigenvalue weighted by atomic mass is 9.78. The fraction of sp³-hybridized carbons (Fsp3) is 0.462. The van der Waals surface area contributed by atoms with Crippen LogP contribution < -0.4 is 0 Å². The average molecular weight is 238 g/mol. The standard InChI is InChI=1S/C13H16ClNO/c1-13(2)9-15(12(16)7-14)8-10-5-3-4-6-11(10)13/h3-6H,7-9H2,1-2H3. The van der Waals surface area contributed by atoms with Crippen LogP contribution in [0, 0.1) is 0 Å². The maximum absolute atomic E-state index is 11.7. The molecule has 0 aromatic heterocycles. The van der Waals surface area contributed by atoms with Crippen LogP contribution in [0.5, 0.6) is 0 Å². The monoisotopic (exact) mass is 237 g/mol. The third-order valence-corrected chi connectivity index (χ3v) is 3.39. The summed E-state index contributed by atoms with van der Waals surface area (Å²) in [4.78, 5) is 13.5. The summed E-state index contributed by atoms with van der Waals surface area (Å²) in [6, 6.07) is 8.31. The van der Waals surface area contributed by atoms with Crippen LogP contribution in [0.1, 0.15) is 25.0 Å². The summed E-state index contributed by atoms with van der Waals surface area (Å²) in [5.41, 5.74) is 2.59. The van der Waals surface area contributed by atoms with Crippen molar-refractivity contribution < 1.29 is 4.79 Å². The predicted molar refractivity (Wildman–Crippen MR) is 65.6 cm³/mol. The van der Waals surface area contributed by atoms with Gasteiger partial charge in [0, 0.05) is 18.5 Å². The van der Waals surface area contributed by atoms with Gasteiger partial charge in [-0.15, -0.1) is 11.6 Å². The molecule has 0 atom stereocenters. The summed E-state index contributed by atoms with van der Waals surface area (Å²) in [6.45, 7) is 5.76. The predicted octanol–water partition coefficient (Wildman–Crippen LogP) is 2.55. The van der Waals surface area contributed by atoms with Crippen molar-refractivity contribution in [2.24, 2.45) is 0 Å². The Balaban J connectivity index is 2.37. The first-order valence-corrected chi connectivity index (χ1v) is 6.00. The number of benzene rings is 1. The second-order valence-corrected chi connectivity index (χ2v) is 5.19. The highest BCUT2D eigenvalue weighted by Gasteiger charge is 2.32. The maximum atomic E-state index is 11.7. The lowest BCUT2D eigenvalue weighted by Gasteiger charge is -2.39. The number of hydrogen-bond donors (Lipinski definition) is 0. The van der Waals surface area contributed by atoms with Gasteiger partial charge in [-0.25, -0.2) is 0 Å². The molecule has 1 heterocycles. The molecule has 1 aliphatic rings. The molecule has 0 spiro atoms. The molecule has 0 saturated heterocycles. The van der Waals surface area contributed by atoms with Crippen LogP contribution in [0.2, 0.25) is 0 Å². The lowest BCUT2D eigenvalue weighted by Crippen LogP contribution is -2.45. The highest BCUT2D eigenvalue weighted by molar-refractivity contribution is 6.27. The smallest absolute Gasteiger partial charge is 0.237 e. The molecule has 1 aromatic rings. The molecule has 0 fully saturated rings. The molecule has 0 saturated carbocycles. The van der Waals surface area contributed by atoms with Crippen molar-refractivity contribution in [1.82, 2.24) is 4.90 Å². The summed E-state index contributed by atoms with van der Waals surface area (Å²) >= 11 is 5.61. The molecule has 3 heteroatoms. The van der Waals surface area contributed by atoms with E-state index in [9.17, 15) is 4.79 Å². The van der Waals surface area contributed by atoms with Gasteiger partial charge in [0.25, 0.3) is 0 Å². The third kappa shape index (κ3) is 1.94. The second kappa shape index (κ2) is 4.10. The number of carbonyl (C=O) groups excluding carboxylic acids is 1. The molecule has 0 bridgehead atoms. The number of halogens is 1. The first-order valence-electron chi connectivity index (χ1n) is 5.47. The van der Waals surface area contributed by atoms with Crippen LogP contribution in [-0.4, -0.2) is 23.2 Å². The molecule has 0 aliphatic carbocycles. The van der Waals surface area contributed by atoms with Gasteiger partial charge in [0.05, 0.1) is 0 Å². The van der Waals surface area contributed by atoms with E-state index in [-0.39, 0.29) is 17.2 Å². The van der Waals surface area contributed by atoms with E-state index in [0.29, 0.717) is 6.54 Å². The van der Waals surface area contributed by atoms with Gasteiger partial charge in [0.15, 0.2) is 0 Å². The van der Waals surface area contributed by atoms with E-state index < -0.39 is 0 Å². The molecule has 1 aromatic carbocycles. The molecular formula is C13H16ClNO. The van der Waals surface area contributed by atoms with Gasteiger partial charge < -0.3 is 4.90 Å². The van der Waals surface area contributed by atoms with E-state index in [2.05, 4.69) is 32.0 Å². The van der Waals surface area contributed by atoms with E-state index >= 15 is 0 Å². The van der Waals surface area contributed by atoms with Crippen molar-refractivity contribution in [3.05, 3.63) is 35.4 Å². The number of rotatable bonds is 1. The average Bonchev–Trinajstić information content (AvgIpc) is 2.27. The van der Waals surface area contributed by atoms with Crippen molar-refractivity contribution in [3.63, 3.8) is 0 Å². The Bertz CT molecular complexity index is 414. The number of fused-ring (bicyclic) bond motifs is 1. The molecular weight excluding hydrogens is 222 g/mol. The number of hydrogen-bond acceptors (Lipinski definition) is 1. The fourth-order valence-electron chi connectivity index (χ4n) is 2.40. The third-order valence-electron chi connectivity index (χ3n) is 3.16. The molecule has 86 valence electrons. The zero-order chi connectivity index (χ0) is 11.8. The Kier molecular flexibility index (Phi) is 2.94. The number of amides is 1. The lowest BCUT2D eigenvalue weighted by molar-refractivity contribution is -0.130. The molecule has 2 rings (SSSR count). The van der Waals surface area contributed by atoms with E-state index in [1.807, 2.05) is 11.0 Å². The van der Waals surface area contributed by atoms with Gasteiger partial charge in [-0.2, -0.15) is 0 Å². The van der Waals surface area contributed by atoms with Crippen molar-refractivity contribution in [3.8, 4) is 0 Å². The van der Waals surface area contributed by atoms with Crippen molar-refractivity contribution in [2.75, 3.05) is 12.4 Å². The van der Waals surface area contributed by atoms with Crippen molar-refractivity contribution >= 4 is 17.5 Å². The second-order valence-electron chi connectivity index (χ2n) is 4.92.